The maximum absolute atomic E-state index is 13.0. The van der Waals surface area contributed by atoms with Gasteiger partial charge < -0.3 is 10.1 Å². The van der Waals surface area contributed by atoms with Gasteiger partial charge in [0.2, 0.25) is 0 Å². The number of carbonyl (C=O) groups is 1. The molecular weight excluding hydrogens is 283 g/mol. The molecule has 6 heteroatoms. The second-order valence-corrected chi connectivity index (χ2v) is 4.42. The van der Waals surface area contributed by atoms with Gasteiger partial charge in [-0.15, -0.1) is 0 Å². The van der Waals surface area contributed by atoms with Gasteiger partial charge in [0.05, 0.1) is 29.9 Å². The Hall–Kier alpha value is -2.14. The third kappa shape index (κ3) is 3.45. The first-order chi connectivity index (χ1) is 9.60. The van der Waals surface area contributed by atoms with Gasteiger partial charge in [0.25, 0.3) is 0 Å². The van der Waals surface area contributed by atoms with E-state index >= 15 is 0 Å². The van der Waals surface area contributed by atoms with Crippen LogP contribution in [-0.2, 0) is 11.3 Å². The summed E-state index contributed by atoms with van der Waals surface area (Å²) in [5.74, 6) is -0.889. The van der Waals surface area contributed by atoms with E-state index in [0.29, 0.717) is 17.8 Å². The van der Waals surface area contributed by atoms with Gasteiger partial charge in [0, 0.05) is 11.9 Å². The summed E-state index contributed by atoms with van der Waals surface area (Å²) >= 11 is 5.69. The molecule has 1 N–H and O–H groups in total. The maximum atomic E-state index is 13.0. The molecule has 0 aliphatic heterocycles. The molecule has 0 aliphatic rings. The number of nitrogens with zero attached hydrogens (tertiary/aromatic N) is 1. The Labute approximate surface area is 120 Å². The fourth-order valence-corrected chi connectivity index (χ4v) is 1.75. The number of ether oxygens (including phenoxy) is 1. The Balaban J connectivity index is 2.00. The Morgan fingerprint density at radius 2 is 2.20 bits per heavy atom. The normalized spacial score (nSPS) is 10.2. The molecule has 4 nitrogen and oxygen atoms in total. The standard InChI is InChI=1S/C14H12ClFN2O2/c1-20-14(19)9-2-3-11(17-7-9)8-18-10-4-5-13(16)12(15)6-10/h2-7,18H,8H2,1H3. The predicted molar refractivity (Wildman–Crippen MR) is 74.3 cm³/mol. The Morgan fingerprint density at radius 3 is 2.80 bits per heavy atom. The summed E-state index contributed by atoms with van der Waals surface area (Å²) in [6, 6.07) is 7.72. The number of anilines is 1. The number of esters is 1. The first-order valence-electron chi connectivity index (χ1n) is 5.82. The average Bonchev–Trinajstić information content (AvgIpc) is 2.48. The van der Waals surface area contributed by atoms with Crippen LogP contribution in [0.3, 0.4) is 0 Å². The molecule has 2 rings (SSSR count). The molecule has 0 saturated carbocycles. The molecule has 0 spiro atoms. The monoisotopic (exact) mass is 294 g/mol. The zero-order valence-electron chi connectivity index (χ0n) is 10.7. The van der Waals surface area contributed by atoms with Crippen molar-refractivity contribution in [2.75, 3.05) is 12.4 Å². The summed E-state index contributed by atoms with van der Waals surface area (Å²) in [6.07, 6.45) is 1.44. The third-order valence-electron chi connectivity index (χ3n) is 2.64. The van der Waals surface area contributed by atoms with Crippen molar-refractivity contribution in [2.24, 2.45) is 0 Å². The summed E-state index contributed by atoms with van der Waals surface area (Å²) in [5.41, 5.74) is 1.81. The number of carbonyl (C=O) groups excluding carboxylic acids is 1. The fourth-order valence-electron chi connectivity index (χ4n) is 1.57. The van der Waals surface area contributed by atoms with Crippen molar-refractivity contribution >= 4 is 23.3 Å². The number of pyridine rings is 1. The lowest BCUT2D eigenvalue weighted by Crippen LogP contribution is -2.05. The van der Waals surface area contributed by atoms with Gasteiger partial charge in [-0.1, -0.05) is 11.6 Å². The van der Waals surface area contributed by atoms with E-state index in [1.165, 1.54) is 25.4 Å². The molecule has 1 heterocycles. The average molecular weight is 295 g/mol. The van der Waals surface area contributed by atoms with Crippen molar-refractivity contribution in [3.05, 3.63) is 58.6 Å². The van der Waals surface area contributed by atoms with Crippen LogP contribution < -0.4 is 5.32 Å². The molecule has 0 amide bonds. The highest BCUT2D eigenvalue weighted by molar-refractivity contribution is 6.31. The highest BCUT2D eigenvalue weighted by atomic mass is 35.5. The molecule has 2 aromatic rings. The largest absolute Gasteiger partial charge is 0.465 e. The van der Waals surface area contributed by atoms with Crippen LogP contribution in [0.15, 0.2) is 36.5 Å². The first-order valence-corrected chi connectivity index (χ1v) is 6.20. The van der Waals surface area contributed by atoms with E-state index in [1.54, 1.807) is 18.2 Å². The van der Waals surface area contributed by atoms with E-state index in [9.17, 15) is 9.18 Å². The van der Waals surface area contributed by atoms with Crippen LogP contribution in [0.25, 0.3) is 0 Å². The van der Waals surface area contributed by atoms with Crippen LogP contribution in [0.2, 0.25) is 5.02 Å². The van der Waals surface area contributed by atoms with E-state index in [2.05, 4.69) is 15.0 Å². The molecule has 0 saturated heterocycles. The van der Waals surface area contributed by atoms with Crippen LogP contribution in [0.5, 0.6) is 0 Å². The number of hydrogen-bond acceptors (Lipinski definition) is 4. The number of nitrogens with one attached hydrogen (secondary N) is 1. The molecule has 0 aliphatic carbocycles. The van der Waals surface area contributed by atoms with Crippen LogP contribution in [-0.4, -0.2) is 18.1 Å². The minimum Gasteiger partial charge on any atom is -0.465 e. The fraction of sp³-hybridized carbons (Fsp3) is 0.143. The van der Waals surface area contributed by atoms with Crippen LogP contribution >= 0.6 is 11.6 Å². The molecule has 104 valence electrons. The highest BCUT2D eigenvalue weighted by Gasteiger charge is 2.05. The van der Waals surface area contributed by atoms with Crippen LogP contribution in [0, 0.1) is 5.82 Å². The molecule has 1 aromatic heterocycles. The second kappa shape index (κ2) is 6.34. The van der Waals surface area contributed by atoms with E-state index in [0.717, 1.165) is 5.69 Å². The smallest absolute Gasteiger partial charge is 0.339 e. The molecule has 20 heavy (non-hydrogen) atoms. The molecule has 0 atom stereocenters. The number of methoxy groups -OCH3 is 1. The number of benzene rings is 1. The van der Waals surface area contributed by atoms with Crippen LogP contribution in [0.1, 0.15) is 16.1 Å². The number of hydrogen-bond donors (Lipinski definition) is 1. The van der Waals surface area contributed by atoms with Gasteiger partial charge in [-0.2, -0.15) is 0 Å². The summed E-state index contributed by atoms with van der Waals surface area (Å²) < 4.78 is 17.6. The summed E-state index contributed by atoms with van der Waals surface area (Å²) in [5, 5.41) is 3.12. The molecule has 0 fully saturated rings. The lowest BCUT2D eigenvalue weighted by molar-refractivity contribution is 0.0600. The van der Waals surface area contributed by atoms with Crippen LogP contribution in [0.4, 0.5) is 10.1 Å². The van der Waals surface area contributed by atoms with Gasteiger partial charge >= 0.3 is 5.97 Å². The minimum absolute atomic E-state index is 0.0593. The van der Waals surface area contributed by atoms with E-state index in [4.69, 9.17) is 11.6 Å². The van der Waals surface area contributed by atoms with E-state index < -0.39 is 11.8 Å². The predicted octanol–water partition coefficient (Wildman–Crippen LogP) is 3.27. The molecule has 0 radical (unpaired) electrons. The Kier molecular flexibility index (Phi) is 4.53. The van der Waals surface area contributed by atoms with E-state index in [1.807, 2.05) is 0 Å². The van der Waals surface area contributed by atoms with Crippen molar-refractivity contribution in [2.45, 2.75) is 6.54 Å². The van der Waals surface area contributed by atoms with Crippen molar-refractivity contribution in [3.63, 3.8) is 0 Å². The Bertz CT molecular complexity index is 617. The first kappa shape index (κ1) is 14.3. The molecule has 0 bridgehead atoms. The maximum Gasteiger partial charge on any atom is 0.339 e. The zero-order chi connectivity index (χ0) is 14.5. The highest BCUT2D eigenvalue weighted by Crippen LogP contribution is 2.19. The number of aromatic nitrogens is 1. The Morgan fingerprint density at radius 1 is 1.40 bits per heavy atom. The van der Waals surface area contributed by atoms with Crippen molar-refractivity contribution in [1.82, 2.24) is 4.98 Å². The molecule has 1 aromatic carbocycles. The summed E-state index contributed by atoms with van der Waals surface area (Å²) in [6.45, 7) is 0.434. The minimum atomic E-state index is -0.460. The van der Waals surface area contributed by atoms with Gasteiger partial charge in [0.15, 0.2) is 0 Å². The lowest BCUT2D eigenvalue weighted by atomic mass is 10.2. The SMILES string of the molecule is COC(=O)c1ccc(CNc2ccc(F)c(Cl)c2)nc1. The number of halogens is 2. The van der Waals surface area contributed by atoms with E-state index in [-0.39, 0.29) is 5.02 Å². The van der Waals surface area contributed by atoms with Crippen molar-refractivity contribution < 1.29 is 13.9 Å². The second-order valence-electron chi connectivity index (χ2n) is 4.01. The van der Waals surface area contributed by atoms with Gasteiger partial charge in [-0.3, -0.25) is 4.98 Å². The van der Waals surface area contributed by atoms with Gasteiger partial charge in [0.1, 0.15) is 5.82 Å². The third-order valence-corrected chi connectivity index (χ3v) is 2.93. The molecule has 0 unspecified atom stereocenters. The summed E-state index contributed by atoms with van der Waals surface area (Å²) in [4.78, 5) is 15.4. The number of rotatable bonds is 4. The van der Waals surface area contributed by atoms with Gasteiger partial charge in [-0.25, -0.2) is 9.18 Å². The van der Waals surface area contributed by atoms with Crippen molar-refractivity contribution in [3.8, 4) is 0 Å². The zero-order valence-corrected chi connectivity index (χ0v) is 11.4. The van der Waals surface area contributed by atoms with Gasteiger partial charge in [-0.05, 0) is 30.3 Å². The quantitative estimate of drug-likeness (QED) is 0.879. The lowest BCUT2D eigenvalue weighted by Gasteiger charge is -2.07. The molecular formula is C14H12ClFN2O2. The van der Waals surface area contributed by atoms with Crippen molar-refractivity contribution in [1.29, 1.82) is 0 Å². The summed E-state index contributed by atoms with van der Waals surface area (Å²) in [7, 11) is 1.32. The topological polar surface area (TPSA) is 51.2 Å².